The molecule has 1 amide bonds. The van der Waals surface area contributed by atoms with Gasteiger partial charge >= 0.3 is 0 Å². The molecule has 3 rings (SSSR count). The summed E-state index contributed by atoms with van der Waals surface area (Å²) in [6.07, 6.45) is 7.52. The minimum absolute atomic E-state index is 0.205. The van der Waals surface area contributed by atoms with E-state index in [4.69, 9.17) is 0 Å². The number of carbonyl (C=O) groups is 1. The van der Waals surface area contributed by atoms with Crippen molar-refractivity contribution in [3.8, 4) is 10.6 Å². The number of aromatic nitrogens is 2. The van der Waals surface area contributed by atoms with Gasteiger partial charge in [-0.05, 0) is 37.3 Å². The van der Waals surface area contributed by atoms with Gasteiger partial charge in [0.15, 0.2) is 0 Å². The number of thiazole rings is 1. The van der Waals surface area contributed by atoms with Gasteiger partial charge in [0.1, 0.15) is 5.01 Å². The highest BCUT2D eigenvalue weighted by atomic mass is 32.1. The van der Waals surface area contributed by atoms with E-state index in [1.54, 1.807) is 23.7 Å². The first kappa shape index (κ1) is 15.2. The fraction of sp³-hybridized carbons (Fsp3) is 0.471. The SMILES string of the molecule is CCCN(CC1CC1)C(=O)Cc1csc(-c2cccnc2)n1. The van der Waals surface area contributed by atoms with Gasteiger partial charge in [-0.2, -0.15) is 0 Å². The van der Waals surface area contributed by atoms with Gasteiger partial charge in [-0.25, -0.2) is 4.98 Å². The number of nitrogens with zero attached hydrogens (tertiary/aromatic N) is 3. The number of pyridine rings is 1. The first-order chi connectivity index (χ1) is 10.8. The van der Waals surface area contributed by atoms with Gasteiger partial charge in [-0.1, -0.05) is 6.92 Å². The third kappa shape index (κ3) is 3.91. The van der Waals surface area contributed by atoms with Crippen molar-refractivity contribution >= 4 is 17.2 Å². The zero-order valence-corrected chi connectivity index (χ0v) is 13.7. The van der Waals surface area contributed by atoms with Gasteiger partial charge in [-0.15, -0.1) is 11.3 Å². The van der Waals surface area contributed by atoms with Gasteiger partial charge in [0, 0.05) is 36.4 Å². The van der Waals surface area contributed by atoms with Crippen molar-refractivity contribution in [2.45, 2.75) is 32.6 Å². The number of carbonyl (C=O) groups excluding carboxylic acids is 1. The fourth-order valence-electron chi connectivity index (χ4n) is 2.48. The van der Waals surface area contributed by atoms with Crippen molar-refractivity contribution in [2.75, 3.05) is 13.1 Å². The number of hydrogen-bond donors (Lipinski definition) is 0. The summed E-state index contributed by atoms with van der Waals surface area (Å²) >= 11 is 1.57. The van der Waals surface area contributed by atoms with Crippen LogP contribution in [0.15, 0.2) is 29.9 Å². The summed E-state index contributed by atoms with van der Waals surface area (Å²) in [5, 5.41) is 2.92. The second-order valence-electron chi connectivity index (χ2n) is 5.85. The van der Waals surface area contributed by atoms with Crippen molar-refractivity contribution in [1.82, 2.24) is 14.9 Å². The van der Waals surface area contributed by atoms with Crippen molar-refractivity contribution in [1.29, 1.82) is 0 Å². The van der Waals surface area contributed by atoms with Crippen LogP contribution in [0.5, 0.6) is 0 Å². The molecule has 1 saturated carbocycles. The van der Waals surface area contributed by atoms with E-state index in [1.807, 2.05) is 22.4 Å². The molecule has 5 heteroatoms. The Balaban J connectivity index is 1.64. The molecule has 0 spiro atoms. The Morgan fingerprint density at radius 1 is 1.45 bits per heavy atom. The van der Waals surface area contributed by atoms with Crippen LogP contribution in [0.2, 0.25) is 0 Å². The van der Waals surface area contributed by atoms with E-state index in [-0.39, 0.29) is 5.91 Å². The molecule has 0 saturated heterocycles. The average molecular weight is 315 g/mol. The van der Waals surface area contributed by atoms with Gasteiger partial charge in [0.2, 0.25) is 5.91 Å². The molecule has 2 aromatic rings. The summed E-state index contributed by atoms with van der Waals surface area (Å²) in [7, 11) is 0. The summed E-state index contributed by atoms with van der Waals surface area (Å²) < 4.78 is 0. The second-order valence-corrected chi connectivity index (χ2v) is 6.70. The maximum absolute atomic E-state index is 12.5. The molecule has 2 aromatic heterocycles. The average Bonchev–Trinajstić information content (AvgIpc) is 3.24. The lowest BCUT2D eigenvalue weighted by molar-refractivity contribution is -0.130. The van der Waals surface area contributed by atoms with Gasteiger partial charge in [-0.3, -0.25) is 9.78 Å². The first-order valence-corrected chi connectivity index (χ1v) is 8.76. The Labute approximate surface area is 135 Å². The molecule has 1 aliphatic carbocycles. The van der Waals surface area contributed by atoms with Gasteiger partial charge in [0.25, 0.3) is 0 Å². The van der Waals surface area contributed by atoms with E-state index >= 15 is 0 Å². The molecule has 0 atom stereocenters. The zero-order chi connectivity index (χ0) is 15.4. The van der Waals surface area contributed by atoms with Crippen LogP contribution >= 0.6 is 11.3 Å². The van der Waals surface area contributed by atoms with Crippen LogP contribution in [0.25, 0.3) is 10.6 Å². The van der Waals surface area contributed by atoms with Crippen LogP contribution in [0.4, 0.5) is 0 Å². The molecule has 0 bridgehead atoms. The van der Waals surface area contributed by atoms with Crippen LogP contribution < -0.4 is 0 Å². The van der Waals surface area contributed by atoms with Crippen LogP contribution in [-0.2, 0) is 11.2 Å². The predicted octanol–water partition coefficient (Wildman–Crippen LogP) is 3.40. The van der Waals surface area contributed by atoms with Crippen LogP contribution in [0.1, 0.15) is 31.9 Å². The highest BCUT2D eigenvalue weighted by Crippen LogP contribution is 2.30. The molecule has 22 heavy (non-hydrogen) atoms. The molecule has 0 aromatic carbocycles. The molecular formula is C17H21N3OS. The van der Waals surface area contributed by atoms with Crippen LogP contribution in [0, 0.1) is 5.92 Å². The Morgan fingerprint density at radius 3 is 3.00 bits per heavy atom. The second kappa shape index (κ2) is 7.01. The Hall–Kier alpha value is -1.75. The molecule has 0 radical (unpaired) electrons. The summed E-state index contributed by atoms with van der Waals surface area (Å²) in [6.45, 7) is 3.90. The molecule has 1 aliphatic rings. The van der Waals surface area contributed by atoms with Crippen molar-refractivity contribution < 1.29 is 4.79 Å². The third-order valence-corrected chi connectivity index (χ3v) is 4.75. The van der Waals surface area contributed by atoms with E-state index in [0.717, 1.165) is 41.7 Å². The predicted molar refractivity (Wildman–Crippen MR) is 88.6 cm³/mol. The number of rotatable bonds is 7. The first-order valence-electron chi connectivity index (χ1n) is 7.89. The Morgan fingerprint density at radius 2 is 2.32 bits per heavy atom. The Bertz CT molecular complexity index is 622. The highest BCUT2D eigenvalue weighted by molar-refractivity contribution is 7.13. The smallest absolute Gasteiger partial charge is 0.228 e. The number of amides is 1. The maximum Gasteiger partial charge on any atom is 0.228 e. The molecule has 0 N–H and O–H groups in total. The standard InChI is InChI=1S/C17H21N3OS/c1-2-8-20(11-13-5-6-13)16(21)9-15-12-22-17(19-15)14-4-3-7-18-10-14/h3-4,7,10,12-13H,2,5-6,8-9,11H2,1H3. The normalized spacial score (nSPS) is 14.0. The third-order valence-electron chi connectivity index (χ3n) is 3.81. The molecule has 116 valence electrons. The maximum atomic E-state index is 12.5. The number of hydrogen-bond acceptors (Lipinski definition) is 4. The van der Waals surface area contributed by atoms with Gasteiger partial charge in [0.05, 0.1) is 12.1 Å². The summed E-state index contributed by atoms with van der Waals surface area (Å²) in [6, 6.07) is 3.90. The molecule has 1 fully saturated rings. The molecule has 2 heterocycles. The topological polar surface area (TPSA) is 46.1 Å². The monoisotopic (exact) mass is 315 g/mol. The summed E-state index contributed by atoms with van der Waals surface area (Å²) in [5.74, 6) is 0.939. The van der Waals surface area contributed by atoms with E-state index in [2.05, 4.69) is 16.9 Å². The minimum Gasteiger partial charge on any atom is -0.342 e. The summed E-state index contributed by atoms with van der Waals surface area (Å²) in [5.41, 5.74) is 1.88. The van der Waals surface area contributed by atoms with E-state index in [1.165, 1.54) is 12.8 Å². The lowest BCUT2D eigenvalue weighted by Gasteiger charge is -2.21. The molecule has 4 nitrogen and oxygen atoms in total. The summed E-state index contributed by atoms with van der Waals surface area (Å²) in [4.78, 5) is 23.2. The molecular weight excluding hydrogens is 294 g/mol. The van der Waals surface area contributed by atoms with Crippen molar-refractivity contribution in [2.24, 2.45) is 5.92 Å². The zero-order valence-electron chi connectivity index (χ0n) is 12.9. The van der Waals surface area contributed by atoms with Crippen molar-refractivity contribution in [3.05, 3.63) is 35.6 Å². The highest BCUT2D eigenvalue weighted by Gasteiger charge is 2.26. The Kier molecular flexibility index (Phi) is 4.83. The van der Waals surface area contributed by atoms with E-state index in [0.29, 0.717) is 6.42 Å². The van der Waals surface area contributed by atoms with E-state index in [9.17, 15) is 4.79 Å². The fourth-order valence-corrected chi connectivity index (χ4v) is 3.29. The van der Waals surface area contributed by atoms with Crippen molar-refractivity contribution in [3.63, 3.8) is 0 Å². The van der Waals surface area contributed by atoms with E-state index < -0.39 is 0 Å². The van der Waals surface area contributed by atoms with Crippen LogP contribution in [-0.4, -0.2) is 33.9 Å². The van der Waals surface area contributed by atoms with Crippen LogP contribution in [0.3, 0.4) is 0 Å². The largest absolute Gasteiger partial charge is 0.342 e. The lowest BCUT2D eigenvalue weighted by Crippen LogP contribution is -2.34. The molecule has 0 unspecified atom stereocenters. The van der Waals surface area contributed by atoms with Gasteiger partial charge < -0.3 is 4.90 Å². The quantitative estimate of drug-likeness (QED) is 0.787. The molecule has 0 aliphatic heterocycles. The minimum atomic E-state index is 0.205. The lowest BCUT2D eigenvalue weighted by atomic mass is 10.2.